The zero-order chi connectivity index (χ0) is 16.3. The van der Waals surface area contributed by atoms with Gasteiger partial charge in [0.1, 0.15) is 12.4 Å². The summed E-state index contributed by atoms with van der Waals surface area (Å²) in [5, 5.41) is 7.50. The van der Waals surface area contributed by atoms with Gasteiger partial charge in [0, 0.05) is 12.1 Å². The molecule has 0 fully saturated rings. The lowest BCUT2D eigenvalue weighted by atomic mass is 10.2. The van der Waals surface area contributed by atoms with Crippen LogP contribution in [0.25, 0.3) is 0 Å². The van der Waals surface area contributed by atoms with Crippen LogP contribution in [0.1, 0.15) is 17.0 Å². The monoisotopic (exact) mass is 325 g/mol. The molecule has 2 rings (SSSR count). The van der Waals surface area contributed by atoms with E-state index in [-0.39, 0.29) is 18.3 Å². The molecule has 7 heteroatoms. The molecule has 0 atom stereocenters. The van der Waals surface area contributed by atoms with Crippen molar-refractivity contribution in [2.75, 3.05) is 19.0 Å². The second-order valence-corrected chi connectivity index (χ2v) is 5.33. The van der Waals surface area contributed by atoms with Gasteiger partial charge in [0.2, 0.25) is 5.91 Å². The fourth-order valence-corrected chi connectivity index (χ4v) is 2.38. The number of nitrogens with one attached hydrogen (secondary N) is 1. The van der Waals surface area contributed by atoms with Crippen molar-refractivity contribution in [2.45, 2.75) is 20.4 Å². The number of hydrogen-bond donors (Lipinski definition) is 1. The maximum Gasteiger partial charge on any atom is 0.250 e. The molecule has 0 bridgehead atoms. The number of methoxy groups -OCH3 is 1. The molecule has 0 saturated carbocycles. The van der Waals surface area contributed by atoms with Gasteiger partial charge < -0.3 is 10.1 Å². The molecule has 0 radical (unpaired) electrons. The van der Waals surface area contributed by atoms with E-state index in [4.69, 9.17) is 16.3 Å². The SMILES string of the molecule is COCC(=O)Nc1c(C)nn(Cc2ccc(F)cc2Cl)c1C. The maximum atomic E-state index is 13.1. The summed E-state index contributed by atoms with van der Waals surface area (Å²) in [4.78, 5) is 11.6. The Hall–Kier alpha value is -1.92. The van der Waals surface area contributed by atoms with E-state index < -0.39 is 0 Å². The number of benzene rings is 1. The summed E-state index contributed by atoms with van der Waals surface area (Å²) in [6.45, 7) is 4.03. The first-order valence-corrected chi connectivity index (χ1v) is 7.07. The molecule has 1 heterocycles. The van der Waals surface area contributed by atoms with Crippen LogP contribution in [0.3, 0.4) is 0 Å². The van der Waals surface area contributed by atoms with E-state index in [1.807, 2.05) is 6.92 Å². The van der Waals surface area contributed by atoms with Crippen LogP contribution in [0, 0.1) is 19.7 Å². The number of anilines is 1. The van der Waals surface area contributed by atoms with Crippen molar-refractivity contribution < 1.29 is 13.9 Å². The highest BCUT2D eigenvalue weighted by Gasteiger charge is 2.15. The van der Waals surface area contributed by atoms with Crippen LogP contribution in [0.2, 0.25) is 5.02 Å². The molecule has 1 aromatic carbocycles. The van der Waals surface area contributed by atoms with E-state index in [0.29, 0.717) is 22.9 Å². The van der Waals surface area contributed by atoms with E-state index in [0.717, 1.165) is 11.3 Å². The third kappa shape index (κ3) is 3.64. The molecule has 1 N–H and O–H groups in total. The lowest BCUT2D eigenvalue weighted by Gasteiger charge is -2.08. The predicted octanol–water partition coefficient (Wildman–Crippen LogP) is 2.93. The lowest BCUT2D eigenvalue weighted by Crippen LogP contribution is -2.18. The number of nitrogens with zero attached hydrogens (tertiary/aromatic N) is 2. The van der Waals surface area contributed by atoms with Crippen LogP contribution in [-0.2, 0) is 16.1 Å². The number of halogens is 2. The van der Waals surface area contributed by atoms with Crippen molar-refractivity contribution in [3.8, 4) is 0 Å². The fourth-order valence-electron chi connectivity index (χ4n) is 2.15. The highest BCUT2D eigenvalue weighted by atomic mass is 35.5. The molecule has 0 aliphatic heterocycles. The quantitative estimate of drug-likeness (QED) is 0.919. The zero-order valence-electron chi connectivity index (χ0n) is 12.6. The third-order valence-corrected chi connectivity index (χ3v) is 3.61. The second-order valence-electron chi connectivity index (χ2n) is 4.92. The highest BCUT2D eigenvalue weighted by Crippen LogP contribution is 2.23. The average molecular weight is 326 g/mol. The highest BCUT2D eigenvalue weighted by molar-refractivity contribution is 6.31. The Labute approximate surface area is 133 Å². The van der Waals surface area contributed by atoms with E-state index in [9.17, 15) is 9.18 Å². The lowest BCUT2D eigenvalue weighted by molar-refractivity contribution is -0.119. The van der Waals surface area contributed by atoms with Crippen molar-refractivity contribution >= 4 is 23.2 Å². The maximum absolute atomic E-state index is 13.1. The molecule has 0 aliphatic carbocycles. The van der Waals surface area contributed by atoms with Gasteiger partial charge in [-0.2, -0.15) is 5.10 Å². The van der Waals surface area contributed by atoms with Gasteiger partial charge in [-0.1, -0.05) is 17.7 Å². The van der Waals surface area contributed by atoms with Gasteiger partial charge in [0.15, 0.2) is 0 Å². The number of aryl methyl sites for hydroxylation is 1. The normalized spacial score (nSPS) is 10.8. The van der Waals surface area contributed by atoms with Gasteiger partial charge in [-0.15, -0.1) is 0 Å². The molecule has 0 unspecified atom stereocenters. The van der Waals surface area contributed by atoms with Crippen molar-refractivity contribution in [1.29, 1.82) is 0 Å². The minimum Gasteiger partial charge on any atom is -0.375 e. The van der Waals surface area contributed by atoms with E-state index in [1.54, 1.807) is 17.7 Å². The summed E-state index contributed by atoms with van der Waals surface area (Å²) < 4.78 is 19.6. The van der Waals surface area contributed by atoms with Crippen molar-refractivity contribution in [3.05, 3.63) is 46.0 Å². The Balaban J connectivity index is 2.24. The van der Waals surface area contributed by atoms with Gasteiger partial charge >= 0.3 is 0 Å². The number of rotatable bonds is 5. The molecular formula is C15H17ClFN3O2. The first-order chi connectivity index (χ1) is 10.4. The number of carbonyl (C=O) groups is 1. The van der Waals surface area contributed by atoms with E-state index in [1.165, 1.54) is 19.2 Å². The van der Waals surface area contributed by atoms with Crippen molar-refractivity contribution in [1.82, 2.24) is 9.78 Å². The Morgan fingerprint density at radius 2 is 2.18 bits per heavy atom. The molecule has 1 amide bonds. The molecule has 1 aromatic heterocycles. The number of ether oxygens (including phenoxy) is 1. The smallest absolute Gasteiger partial charge is 0.250 e. The molecule has 118 valence electrons. The number of hydrogen-bond acceptors (Lipinski definition) is 3. The van der Waals surface area contributed by atoms with Crippen LogP contribution < -0.4 is 5.32 Å². The molecule has 5 nitrogen and oxygen atoms in total. The zero-order valence-corrected chi connectivity index (χ0v) is 13.4. The molecule has 22 heavy (non-hydrogen) atoms. The Kier molecular flexibility index (Phi) is 5.15. The molecule has 0 aliphatic rings. The molecule has 2 aromatic rings. The van der Waals surface area contributed by atoms with Gasteiger partial charge in [0.05, 0.1) is 23.6 Å². The summed E-state index contributed by atoms with van der Waals surface area (Å²) in [6.07, 6.45) is 0. The van der Waals surface area contributed by atoms with Gasteiger partial charge in [-0.3, -0.25) is 9.48 Å². The van der Waals surface area contributed by atoms with Gasteiger partial charge in [-0.05, 0) is 31.5 Å². The number of aromatic nitrogens is 2. The minimum atomic E-state index is -0.380. The predicted molar refractivity (Wildman–Crippen MR) is 82.7 cm³/mol. The summed E-state index contributed by atoms with van der Waals surface area (Å²) >= 11 is 6.04. The largest absolute Gasteiger partial charge is 0.375 e. The summed E-state index contributed by atoms with van der Waals surface area (Å²) in [6, 6.07) is 4.25. The number of amides is 1. The first-order valence-electron chi connectivity index (χ1n) is 6.69. The molecule has 0 saturated heterocycles. The van der Waals surface area contributed by atoms with Crippen LogP contribution in [0.4, 0.5) is 10.1 Å². The van der Waals surface area contributed by atoms with E-state index >= 15 is 0 Å². The second kappa shape index (κ2) is 6.89. The van der Waals surface area contributed by atoms with Crippen LogP contribution in [0.5, 0.6) is 0 Å². The first kappa shape index (κ1) is 16.5. The fraction of sp³-hybridized carbons (Fsp3) is 0.333. The van der Waals surface area contributed by atoms with Crippen LogP contribution in [0.15, 0.2) is 18.2 Å². The standard InChI is InChI=1S/C15H17ClFN3O2/c1-9-15(18-14(21)8-22-3)10(2)20(19-9)7-11-4-5-12(17)6-13(11)16/h4-6H,7-8H2,1-3H3,(H,18,21). The van der Waals surface area contributed by atoms with Crippen molar-refractivity contribution in [2.24, 2.45) is 0 Å². The minimum absolute atomic E-state index is 0.0200. The van der Waals surface area contributed by atoms with Crippen LogP contribution in [-0.4, -0.2) is 29.4 Å². The summed E-state index contributed by atoms with van der Waals surface area (Å²) in [5.41, 5.74) is 2.89. The van der Waals surface area contributed by atoms with Crippen molar-refractivity contribution in [3.63, 3.8) is 0 Å². The third-order valence-electron chi connectivity index (χ3n) is 3.26. The number of carbonyl (C=O) groups excluding carboxylic acids is 1. The average Bonchev–Trinajstić information content (AvgIpc) is 2.70. The Morgan fingerprint density at radius 1 is 1.45 bits per heavy atom. The van der Waals surface area contributed by atoms with Crippen LogP contribution >= 0.6 is 11.6 Å². The Bertz CT molecular complexity index is 700. The van der Waals surface area contributed by atoms with Gasteiger partial charge in [-0.25, -0.2) is 4.39 Å². The topological polar surface area (TPSA) is 56.1 Å². The summed E-state index contributed by atoms with van der Waals surface area (Å²) in [7, 11) is 1.46. The Morgan fingerprint density at radius 3 is 2.82 bits per heavy atom. The molecular weight excluding hydrogens is 309 g/mol. The summed E-state index contributed by atoms with van der Waals surface area (Å²) in [5.74, 6) is -0.622. The van der Waals surface area contributed by atoms with Gasteiger partial charge in [0.25, 0.3) is 0 Å². The van der Waals surface area contributed by atoms with E-state index in [2.05, 4.69) is 10.4 Å². The molecule has 0 spiro atoms.